The van der Waals surface area contributed by atoms with Crippen molar-refractivity contribution in [2.24, 2.45) is 0 Å². The molecule has 3 rings (SSSR count). The third-order valence-electron chi connectivity index (χ3n) is 2.92. The lowest BCUT2D eigenvalue weighted by Crippen LogP contribution is -2.02. The standard InChI is InChI=1S/C15H14N3/c1-11(2)15-17-14-13(9-6-10-16-14)18(15)12-7-4-3-5-8-12/h3-4,6-11H,1-2H3. The fourth-order valence-electron chi connectivity index (χ4n) is 2.11. The van der Waals surface area contributed by atoms with Crippen LogP contribution in [-0.4, -0.2) is 14.5 Å². The summed E-state index contributed by atoms with van der Waals surface area (Å²) in [5.74, 6) is 1.38. The molecular weight excluding hydrogens is 222 g/mol. The molecule has 0 saturated heterocycles. The molecule has 0 amide bonds. The van der Waals surface area contributed by atoms with Crippen LogP contribution in [-0.2, 0) is 0 Å². The van der Waals surface area contributed by atoms with Gasteiger partial charge in [0, 0.05) is 17.8 Å². The first-order valence-corrected chi connectivity index (χ1v) is 6.07. The maximum atomic E-state index is 4.63. The molecule has 0 aliphatic rings. The van der Waals surface area contributed by atoms with Gasteiger partial charge in [-0.25, -0.2) is 9.97 Å². The van der Waals surface area contributed by atoms with E-state index in [9.17, 15) is 0 Å². The minimum Gasteiger partial charge on any atom is -0.294 e. The van der Waals surface area contributed by atoms with Crippen molar-refractivity contribution in [2.75, 3.05) is 0 Å². The summed E-state index contributed by atoms with van der Waals surface area (Å²) in [5.41, 5.74) is 2.92. The maximum Gasteiger partial charge on any atom is 0.178 e. The van der Waals surface area contributed by atoms with E-state index < -0.39 is 0 Å². The molecular formula is C15H14N3. The van der Waals surface area contributed by atoms with Gasteiger partial charge < -0.3 is 0 Å². The second kappa shape index (κ2) is 4.26. The largest absolute Gasteiger partial charge is 0.294 e. The van der Waals surface area contributed by atoms with E-state index in [2.05, 4.69) is 40.5 Å². The molecule has 0 bridgehead atoms. The van der Waals surface area contributed by atoms with Gasteiger partial charge in [0.25, 0.3) is 0 Å². The van der Waals surface area contributed by atoms with Gasteiger partial charge in [-0.3, -0.25) is 4.57 Å². The smallest absolute Gasteiger partial charge is 0.178 e. The predicted octanol–water partition coefficient (Wildman–Crippen LogP) is 3.34. The van der Waals surface area contributed by atoms with E-state index in [1.807, 2.05) is 30.3 Å². The highest BCUT2D eigenvalue weighted by Gasteiger charge is 2.15. The molecule has 0 aliphatic carbocycles. The first kappa shape index (κ1) is 11.0. The van der Waals surface area contributed by atoms with E-state index in [0.29, 0.717) is 5.92 Å². The molecule has 0 fully saturated rings. The summed E-state index contributed by atoms with van der Waals surface area (Å²) in [5, 5.41) is 0. The fourth-order valence-corrected chi connectivity index (χ4v) is 2.11. The third-order valence-corrected chi connectivity index (χ3v) is 2.92. The fraction of sp³-hybridized carbons (Fsp3) is 0.200. The molecule has 1 aromatic carbocycles. The van der Waals surface area contributed by atoms with Gasteiger partial charge >= 0.3 is 0 Å². The normalized spacial score (nSPS) is 11.3. The zero-order valence-electron chi connectivity index (χ0n) is 10.5. The average molecular weight is 236 g/mol. The van der Waals surface area contributed by atoms with Crippen LogP contribution in [0.5, 0.6) is 0 Å². The number of imidazole rings is 1. The monoisotopic (exact) mass is 236 g/mol. The van der Waals surface area contributed by atoms with E-state index in [4.69, 9.17) is 0 Å². The van der Waals surface area contributed by atoms with Gasteiger partial charge in [-0.2, -0.15) is 0 Å². The van der Waals surface area contributed by atoms with Crippen molar-refractivity contribution in [1.82, 2.24) is 14.5 Å². The zero-order valence-corrected chi connectivity index (χ0v) is 10.5. The van der Waals surface area contributed by atoms with Crippen LogP contribution in [0.2, 0.25) is 0 Å². The molecule has 89 valence electrons. The lowest BCUT2D eigenvalue weighted by molar-refractivity contribution is 0.759. The number of fused-ring (bicyclic) bond motifs is 1. The van der Waals surface area contributed by atoms with Crippen molar-refractivity contribution in [3.8, 4) is 5.69 Å². The number of hydrogen-bond donors (Lipinski definition) is 0. The van der Waals surface area contributed by atoms with Gasteiger partial charge in [-0.15, -0.1) is 0 Å². The van der Waals surface area contributed by atoms with Crippen molar-refractivity contribution in [3.05, 3.63) is 54.5 Å². The van der Waals surface area contributed by atoms with Crippen LogP contribution in [0.15, 0.2) is 42.6 Å². The lowest BCUT2D eigenvalue weighted by atomic mass is 10.2. The molecule has 18 heavy (non-hydrogen) atoms. The van der Waals surface area contributed by atoms with Crippen molar-refractivity contribution < 1.29 is 0 Å². The number of rotatable bonds is 2. The Bertz CT molecular complexity index is 669. The van der Waals surface area contributed by atoms with E-state index in [1.54, 1.807) is 6.20 Å². The Hall–Kier alpha value is -2.16. The SMILES string of the molecule is CC(C)c1nc2ncccc2n1-c1c[c]ccc1. The Morgan fingerprint density at radius 3 is 2.83 bits per heavy atom. The summed E-state index contributed by atoms with van der Waals surface area (Å²) in [6.45, 7) is 4.29. The van der Waals surface area contributed by atoms with Gasteiger partial charge in [0.2, 0.25) is 0 Å². The van der Waals surface area contributed by atoms with Crippen LogP contribution < -0.4 is 0 Å². The van der Waals surface area contributed by atoms with E-state index in [1.165, 1.54) is 0 Å². The minimum absolute atomic E-state index is 0.347. The van der Waals surface area contributed by atoms with Gasteiger partial charge in [0.05, 0.1) is 5.52 Å². The Kier molecular flexibility index (Phi) is 2.59. The van der Waals surface area contributed by atoms with E-state index in [0.717, 1.165) is 22.7 Å². The Balaban J connectivity index is 2.35. The zero-order chi connectivity index (χ0) is 12.5. The molecule has 1 radical (unpaired) electrons. The summed E-state index contributed by atoms with van der Waals surface area (Å²) in [7, 11) is 0. The highest BCUT2D eigenvalue weighted by molar-refractivity contribution is 5.74. The van der Waals surface area contributed by atoms with Crippen LogP contribution in [0.1, 0.15) is 25.6 Å². The van der Waals surface area contributed by atoms with E-state index >= 15 is 0 Å². The van der Waals surface area contributed by atoms with Gasteiger partial charge in [-0.05, 0) is 30.3 Å². The summed E-state index contributed by atoms with van der Waals surface area (Å²) in [6.07, 6.45) is 1.78. The number of hydrogen-bond acceptors (Lipinski definition) is 2. The number of aromatic nitrogens is 3. The Labute approximate surface area is 106 Å². The lowest BCUT2D eigenvalue weighted by Gasteiger charge is -2.10. The first-order chi connectivity index (χ1) is 8.77. The van der Waals surface area contributed by atoms with Gasteiger partial charge in [0.15, 0.2) is 5.65 Å². The van der Waals surface area contributed by atoms with Crippen molar-refractivity contribution in [1.29, 1.82) is 0 Å². The molecule has 3 heteroatoms. The molecule has 0 aliphatic heterocycles. The summed E-state index contributed by atoms with van der Waals surface area (Å²) in [4.78, 5) is 8.95. The van der Waals surface area contributed by atoms with Crippen LogP contribution in [0.4, 0.5) is 0 Å². The molecule has 2 heterocycles. The van der Waals surface area contributed by atoms with Crippen molar-refractivity contribution in [2.45, 2.75) is 19.8 Å². The van der Waals surface area contributed by atoms with Crippen molar-refractivity contribution >= 4 is 11.2 Å². The van der Waals surface area contributed by atoms with Gasteiger partial charge in [0.1, 0.15) is 5.82 Å². The average Bonchev–Trinajstić information content (AvgIpc) is 2.79. The van der Waals surface area contributed by atoms with Gasteiger partial charge in [-0.1, -0.05) is 26.0 Å². The molecule has 0 spiro atoms. The highest BCUT2D eigenvalue weighted by Crippen LogP contribution is 2.24. The molecule has 3 aromatic rings. The predicted molar refractivity (Wildman–Crippen MR) is 71.8 cm³/mol. The van der Waals surface area contributed by atoms with Crippen LogP contribution in [0.25, 0.3) is 16.9 Å². The molecule has 0 atom stereocenters. The number of nitrogens with zero attached hydrogens (tertiary/aromatic N) is 3. The summed E-state index contributed by atoms with van der Waals surface area (Å²) in [6, 6.07) is 15.0. The van der Waals surface area contributed by atoms with E-state index in [-0.39, 0.29) is 0 Å². The highest BCUT2D eigenvalue weighted by atomic mass is 15.1. The molecule has 0 N–H and O–H groups in total. The second-order valence-electron chi connectivity index (χ2n) is 4.57. The summed E-state index contributed by atoms with van der Waals surface area (Å²) < 4.78 is 2.16. The molecule has 0 saturated carbocycles. The van der Waals surface area contributed by atoms with Crippen LogP contribution in [0.3, 0.4) is 0 Å². The van der Waals surface area contributed by atoms with Crippen molar-refractivity contribution in [3.63, 3.8) is 0 Å². The minimum atomic E-state index is 0.347. The third kappa shape index (κ3) is 1.68. The molecule has 0 unspecified atom stereocenters. The quantitative estimate of drug-likeness (QED) is 0.683. The molecule has 2 aromatic heterocycles. The molecule has 3 nitrogen and oxygen atoms in total. The topological polar surface area (TPSA) is 30.7 Å². The maximum absolute atomic E-state index is 4.63. The number of benzene rings is 1. The van der Waals surface area contributed by atoms with Crippen LogP contribution in [0, 0.1) is 6.07 Å². The second-order valence-corrected chi connectivity index (χ2v) is 4.57. The summed E-state index contributed by atoms with van der Waals surface area (Å²) >= 11 is 0. The number of pyridine rings is 1. The van der Waals surface area contributed by atoms with Crippen LogP contribution >= 0.6 is 0 Å². The first-order valence-electron chi connectivity index (χ1n) is 6.07. The Morgan fingerprint density at radius 1 is 1.22 bits per heavy atom. The Morgan fingerprint density at radius 2 is 2.11 bits per heavy atom.